The number of halogens is 1. The number of methoxy groups -OCH3 is 1. The first-order valence-corrected chi connectivity index (χ1v) is 11.4. The molecule has 0 aliphatic rings. The number of carbonyl (C=O) groups excluding carboxylic acids is 1. The Balaban J connectivity index is 1.61. The van der Waals surface area contributed by atoms with Gasteiger partial charge in [0.05, 0.1) is 17.6 Å². The van der Waals surface area contributed by atoms with Crippen LogP contribution in [0.25, 0.3) is 21.7 Å². The monoisotopic (exact) mass is 474 g/mol. The summed E-state index contributed by atoms with van der Waals surface area (Å²) >= 11 is 7.35. The Kier molecular flexibility index (Phi) is 5.66. The summed E-state index contributed by atoms with van der Waals surface area (Å²) < 4.78 is 7.59. The fraction of sp³-hybridized carbons (Fsp3) is 0.120. The van der Waals surface area contributed by atoms with E-state index >= 15 is 0 Å². The van der Waals surface area contributed by atoms with Gasteiger partial charge in [-0.15, -0.1) is 11.3 Å². The summed E-state index contributed by atoms with van der Waals surface area (Å²) in [5.41, 5.74) is 3.57. The van der Waals surface area contributed by atoms with Gasteiger partial charge in [-0.25, -0.2) is 15.0 Å². The maximum Gasteiger partial charge on any atom is 0.207 e. The minimum atomic E-state index is -0.0831. The van der Waals surface area contributed by atoms with Gasteiger partial charge in [0.25, 0.3) is 0 Å². The van der Waals surface area contributed by atoms with Crippen LogP contribution in [0.4, 0.5) is 0 Å². The lowest BCUT2D eigenvalue weighted by Gasteiger charge is -2.09. The minimum absolute atomic E-state index is 0.0831. The summed E-state index contributed by atoms with van der Waals surface area (Å²) in [5.74, 6) is 1.12. The predicted molar refractivity (Wildman–Crippen MR) is 130 cm³/mol. The highest BCUT2D eigenvalue weighted by molar-refractivity contribution is 7.17. The quantitative estimate of drug-likeness (QED) is 0.291. The smallest absolute Gasteiger partial charge is 0.207 e. The van der Waals surface area contributed by atoms with Gasteiger partial charge in [0.2, 0.25) is 5.78 Å². The van der Waals surface area contributed by atoms with Crippen LogP contribution in [-0.2, 0) is 6.54 Å². The molecule has 0 N–H and O–H groups in total. The zero-order chi connectivity index (χ0) is 22.9. The van der Waals surface area contributed by atoms with Crippen molar-refractivity contribution >= 4 is 39.6 Å². The van der Waals surface area contributed by atoms with Crippen molar-refractivity contribution in [2.45, 2.75) is 13.5 Å². The van der Waals surface area contributed by atoms with E-state index in [1.54, 1.807) is 31.8 Å². The van der Waals surface area contributed by atoms with E-state index < -0.39 is 0 Å². The van der Waals surface area contributed by atoms with Crippen LogP contribution in [0, 0.1) is 6.92 Å². The van der Waals surface area contributed by atoms with Crippen molar-refractivity contribution in [3.8, 4) is 16.6 Å². The van der Waals surface area contributed by atoms with Crippen molar-refractivity contribution in [1.82, 2.24) is 19.5 Å². The van der Waals surface area contributed by atoms with Gasteiger partial charge in [0, 0.05) is 46.8 Å². The summed E-state index contributed by atoms with van der Waals surface area (Å²) in [6, 6.07) is 15.3. The fourth-order valence-corrected chi connectivity index (χ4v) is 4.80. The lowest BCUT2D eigenvalue weighted by Crippen LogP contribution is -2.05. The summed E-state index contributed by atoms with van der Waals surface area (Å²) in [4.78, 5) is 27.1. The first kappa shape index (κ1) is 21.3. The van der Waals surface area contributed by atoms with Gasteiger partial charge in [-0.2, -0.15) is 0 Å². The molecule has 6 nitrogen and oxygen atoms in total. The number of nitrogens with zero attached hydrogens (tertiary/aromatic N) is 4. The number of fused-ring (bicyclic) bond motifs is 1. The molecule has 0 saturated heterocycles. The lowest BCUT2D eigenvalue weighted by molar-refractivity contribution is 0.104. The number of hydrogen-bond donors (Lipinski definition) is 0. The van der Waals surface area contributed by atoms with Crippen LogP contribution in [-0.4, -0.2) is 32.4 Å². The van der Waals surface area contributed by atoms with E-state index in [1.165, 1.54) is 11.3 Å². The third-order valence-corrected chi connectivity index (χ3v) is 6.74. The largest absolute Gasteiger partial charge is 0.497 e. The van der Waals surface area contributed by atoms with E-state index in [2.05, 4.69) is 19.5 Å². The van der Waals surface area contributed by atoms with Crippen molar-refractivity contribution in [3.05, 3.63) is 93.8 Å². The molecule has 0 fully saturated rings. The van der Waals surface area contributed by atoms with Gasteiger partial charge in [-0.05, 0) is 48.9 Å². The molecule has 0 radical (unpaired) electrons. The van der Waals surface area contributed by atoms with Crippen molar-refractivity contribution in [2.24, 2.45) is 0 Å². The molecule has 164 valence electrons. The first-order chi connectivity index (χ1) is 16.0. The van der Waals surface area contributed by atoms with E-state index in [4.69, 9.17) is 16.3 Å². The molecule has 0 amide bonds. The van der Waals surface area contributed by atoms with Gasteiger partial charge in [-0.1, -0.05) is 23.7 Å². The van der Waals surface area contributed by atoms with Crippen molar-refractivity contribution < 1.29 is 9.53 Å². The topological polar surface area (TPSA) is 69.9 Å². The molecule has 8 heteroatoms. The molecule has 0 unspecified atom stereocenters. The lowest BCUT2D eigenvalue weighted by atomic mass is 10.1. The van der Waals surface area contributed by atoms with E-state index in [9.17, 15) is 4.79 Å². The number of rotatable bonds is 6. The van der Waals surface area contributed by atoms with Crippen LogP contribution in [0.15, 0.2) is 67.1 Å². The van der Waals surface area contributed by atoms with E-state index in [-0.39, 0.29) is 5.78 Å². The normalized spacial score (nSPS) is 11.1. The molecule has 2 aromatic carbocycles. The second kappa shape index (κ2) is 8.77. The summed E-state index contributed by atoms with van der Waals surface area (Å²) in [7, 11) is 1.62. The molecule has 0 aliphatic heterocycles. The molecule has 0 saturated carbocycles. The summed E-state index contributed by atoms with van der Waals surface area (Å²) in [6.45, 7) is 2.59. The number of aromatic nitrogens is 4. The predicted octanol–water partition coefficient (Wildman–Crippen LogP) is 5.80. The van der Waals surface area contributed by atoms with Gasteiger partial charge in [-0.3, -0.25) is 4.79 Å². The van der Waals surface area contributed by atoms with E-state index in [1.807, 2.05) is 49.4 Å². The van der Waals surface area contributed by atoms with Crippen LogP contribution < -0.4 is 4.74 Å². The number of ketones is 1. The van der Waals surface area contributed by atoms with Gasteiger partial charge in [0.1, 0.15) is 5.75 Å². The van der Waals surface area contributed by atoms with Gasteiger partial charge in [0.15, 0.2) is 10.8 Å². The summed E-state index contributed by atoms with van der Waals surface area (Å²) in [5, 5.41) is 2.15. The highest BCUT2D eigenvalue weighted by Crippen LogP contribution is 2.33. The Morgan fingerprint density at radius 3 is 2.58 bits per heavy atom. The fourth-order valence-electron chi connectivity index (χ4n) is 3.87. The number of carbonyl (C=O) groups is 1. The molecule has 33 heavy (non-hydrogen) atoms. The van der Waals surface area contributed by atoms with Crippen molar-refractivity contribution in [3.63, 3.8) is 0 Å². The average Bonchev–Trinajstić information content (AvgIpc) is 3.44. The highest BCUT2D eigenvalue weighted by Gasteiger charge is 2.24. The molecule has 0 atom stereocenters. The number of ether oxygens (including phenoxy) is 1. The third-order valence-electron chi connectivity index (χ3n) is 5.50. The zero-order valence-electron chi connectivity index (χ0n) is 17.9. The Morgan fingerprint density at radius 2 is 1.85 bits per heavy atom. The molecular weight excluding hydrogens is 456 g/mol. The SMILES string of the molecule is COc1ccc2c(c1)c(C(=O)c1cnc(-c3ncccn3)s1)c(C)n2Cc1ccc(Cl)cc1. The molecule has 3 aromatic heterocycles. The highest BCUT2D eigenvalue weighted by atomic mass is 35.5. The number of thiazole rings is 1. The van der Waals surface area contributed by atoms with Crippen LogP contribution in [0.1, 0.15) is 26.5 Å². The molecule has 5 rings (SSSR count). The Hall–Kier alpha value is -3.55. The van der Waals surface area contributed by atoms with Crippen LogP contribution in [0.2, 0.25) is 5.02 Å². The molecule has 3 heterocycles. The average molecular weight is 475 g/mol. The Bertz CT molecular complexity index is 1460. The number of benzene rings is 2. The van der Waals surface area contributed by atoms with Crippen LogP contribution >= 0.6 is 22.9 Å². The zero-order valence-corrected chi connectivity index (χ0v) is 19.5. The Morgan fingerprint density at radius 1 is 1.09 bits per heavy atom. The van der Waals surface area contributed by atoms with Gasteiger partial charge < -0.3 is 9.30 Å². The second-order valence-electron chi connectivity index (χ2n) is 7.49. The molecular formula is C25H19ClN4O2S. The maximum absolute atomic E-state index is 13.7. The summed E-state index contributed by atoms with van der Waals surface area (Å²) in [6.07, 6.45) is 4.92. The second-order valence-corrected chi connectivity index (χ2v) is 8.95. The van der Waals surface area contributed by atoms with Gasteiger partial charge >= 0.3 is 0 Å². The first-order valence-electron chi connectivity index (χ1n) is 10.2. The van der Waals surface area contributed by atoms with Crippen molar-refractivity contribution in [1.29, 1.82) is 0 Å². The Labute approximate surface area is 199 Å². The molecule has 0 spiro atoms. The maximum atomic E-state index is 13.7. The van der Waals surface area contributed by atoms with E-state index in [0.29, 0.717) is 38.6 Å². The molecule has 0 aliphatic carbocycles. The van der Waals surface area contributed by atoms with E-state index in [0.717, 1.165) is 22.2 Å². The van der Waals surface area contributed by atoms with Crippen LogP contribution in [0.5, 0.6) is 5.75 Å². The third kappa shape index (κ3) is 4.01. The minimum Gasteiger partial charge on any atom is -0.497 e. The standard InChI is InChI=1S/C25H19ClN4O2S/c1-15-22(23(31)21-13-29-25(33-21)24-27-10-3-11-28-24)19-12-18(32-2)8-9-20(19)30(15)14-16-4-6-17(26)7-5-16/h3-13H,14H2,1-2H3. The van der Waals surface area contributed by atoms with Crippen molar-refractivity contribution in [2.75, 3.05) is 7.11 Å². The number of hydrogen-bond acceptors (Lipinski definition) is 6. The molecule has 0 bridgehead atoms. The van der Waals surface area contributed by atoms with Crippen LogP contribution in [0.3, 0.4) is 0 Å². The molecule has 5 aromatic rings.